The second kappa shape index (κ2) is 2.92. The van der Waals surface area contributed by atoms with E-state index in [9.17, 15) is 4.79 Å². The maximum Gasteiger partial charge on any atom is 0.313 e. The Labute approximate surface area is 72.6 Å². The van der Waals surface area contributed by atoms with Crippen molar-refractivity contribution in [3.63, 3.8) is 0 Å². The van der Waals surface area contributed by atoms with Gasteiger partial charge in [-0.05, 0) is 19.3 Å². The molecule has 1 aliphatic carbocycles. The number of esters is 1. The molecule has 0 spiro atoms. The van der Waals surface area contributed by atoms with Crippen LogP contribution >= 0.6 is 0 Å². The summed E-state index contributed by atoms with van der Waals surface area (Å²) < 4.78 is 5.26. The summed E-state index contributed by atoms with van der Waals surface area (Å²) in [5.41, 5.74) is 0. The topological polar surface area (TPSA) is 26.3 Å². The van der Waals surface area contributed by atoms with Gasteiger partial charge in [-0.25, -0.2) is 0 Å². The third-order valence-electron chi connectivity index (χ3n) is 3.01. The number of carbonyl (C=O) groups is 1. The molecule has 1 saturated heterocycles. The van der Waals surface area contributed by atoms with Gasteiger partial charge in [0.2, 0.25) is 0 Å². The number of rotatable bonds is 1. The van der Waals surface area contributed by atoms with Crippen molar-refractivity contribution in [1.29, 1.82) is 0 Å². The monoisotopic (exact) mass is 166 g/mol. The number of ether oxygens (including phenoxy) is 1. The largest absolute Gasteiger partial charge is 0.462 e. The van der Waals surface area contributed by atoms with Crippen LogP contribution in [0.3, 0.4) is 0 Å². The smallest absolute Gasteiger partial charge is 0.313 e. The summed E-state index contributed by atoms with van der Waals surface area (Å²) in [7, 11) is 0. The van der Waals surface area contributed by atoms with Crippen LogP contribution in [-0.2, 0) is 9.53 Å². The second-order valence-electron chi connectivity index (χ2n) is 3.69. The van der Waals surface area contributed by atoms with Crippen LogP contribution in [0.2, 0.25) is 0 Å². The third-order valence-corrected chi connectivity index (χ3v) is 3.01. The van der Waals surface area contributed by atoms with E-state index in [1.54, 1.807) is 6.08 Å². The maximum atomic E-state index is 11.3. The average molecular weight is 166 g/mol. The Balaban J connectivity index is 2.15. The van der Waals surface area contributed by atoms with Gasteiger partial charge in [0.15, 0.2) is 0 Å². The van der Waals surface area contributed by atoms with Gasteiger partial charge in [0.05, 0.1) is 5.92 Å². The zero-order chi connectivity index (χ0) is 8.55. The van der Waals surface area contributed by atoms with E-state index in [1.807, 2.05) is 0 Å². The highest BCUT2D eigenvalue weighted by Crippen LogP contribution is 2.39. The van der Waals surface area contributed by atoms with Gasteiger partial charge in [0, 0.05) is 5.92 Å². The molecule has 0 amide bonds. The minimum atomic E-state index is -0.0538. The van der Waals surface area contributed by atoms with Gasteiger partial charge in [-0.1, -0.05) is 12.5 Å². The summed E-state index contributed by atoms with van der Waals surface area (Å²) in [6.07, 6.45) is 6.58. The van der Waals surface area contributed by atoms with Crippen molar-refractivity contribution >= 4 is 5.97 Å². The molecule has 0 bridgehead atoms. The van der Waals surface area contributed by atoms with Crippen molar-refractivity contribution in [3.8, 4) is 0 Å². The first-order valence-electron chi connectivity index (χ1n) is 4.66. The van der Waals surface area contributed by atoms with Crippen LogP contribution in [0.5, 0.6) is 0 Å². The molecule has 66 valence electrons. The van der Waals surface area contributed by atoms with Crippen LogP contribution in [0, 0.1) is 11.8 Å². The summed E-state index contributed by atoms with van der Waals surface area (Å²) in [4.78, 5) is 11.3. The molecule has 12 heavy (non-hydrogen) atoms. The molecule has 2 heteroatoms. The quantitative estimate of drug-likeness (QED) is 0.439. The molecule has 0 N–H and O–H groups in total. The fourth-order valence-corrected chi connectivity index (χ4v) is 2.36. The molecular weight excluding hydrogens is 152 g/mol. The van der Waals surface area contributed by atoms with E-state index in [-0.39, 0.29) is 18.0 Å². The zero-order valence-electron chi connectivity index (χ0n) is 7.16. The Morgan fingerprint density at radius 2 is 2.17 bits per heavy atom. The van der Waals surface area contributed by atoms with Crippen LogP contribution in [0.4, 0.5) is 0 Å². The first kappa shape index (κ1) is 7.84. The van der Waals surface area contributed by atoms with Crippen LogP contribution in [-0.4, -0.2) is 12.1 Å². The highest BCUT2D eigenvalue weighted by molar-refractivity contribution is 5.77. The van der Waals surface area contributed by atoms with Crippen LogP contribution in [0.1, 0.15) is 25.7 Å². The SMILES string of the molecule is C=CC1C(=O)OC2CCCCC21. The summed E-state index contributed by atoms with van der Waals surface area (Å²) >= 11 is 0. The predicted octanol–water partition coefficient (Wildman–Crippen LogP) is 1.90. The number of fused-ring (bicyclic) bond motifs is 1. The number of carbonyl (C=O) groups excluding carboxylic acids is 1. The van der Waals surface area contributed by atoms with Crippen LogP contribution in [0.25, 0.3) is 0 Å². The van der Waals surface area contributed by atoms with E-state index in [0.717, 1.165) is 12.8 Å². The maximum absolute atomic E-state index is 11.3. The Bertz CT molecular complexity index is 210. The molecular formula is C10H14O2. The minimum absolute atomic E-state index is 0.0182. The molecule has 2 aliphatic rings. The van der Waals surface area contributed by atoms with Crippen molar-refractivity contribution < 1.29 is 9.53 Å². The Hall–Kier alpha value is -0.790. The Kier molecular flexibility index (Phi) is 1.91. The van der Waals surface area contributed by atoms with E-state index in [2.05, 4.69) is 6.58 Å². The van der Waals surface area contributed by atoms with E-state index >= 15 is 0 Å². The van der Waals surface area contributed by atoms with Crippen molar-refractivity contribution in [2.24, 2.45) is 11.8 Å². The molecule has 0 aromatic heterocycles. The summed E-state index contributed by atoms with van der Waals surface area (Å²) in [5.74, 6) is 0.362. The van der Waals surface area contributed by atoms with E-state index in [0.29, 0.717) is 5.92 Å². The molecule has 0 aromatic carbocycles. The standard InChI is InChI=1S/C10H14O2/c1-2-7-8-5-3-4-6-9(8)12-10(7)11/h2,7-9H,1,3-6H2. The second-order valence-corrected chi connectivity index (χ2v) is 3.69. The highest BCUT2D eigenvalue weighted by atomic mass is 16.6. The fourth-order valence-electron chi connectivity index (χ4n) is 2.36. The van der Waals surface area contributed by atoms with Gasteiger partial charge < -0.3 is 4.74 Å². The van der Waals surface area contributed by atoms with E-state index < -0.39 is 0 Å². The highest BCUT2D eigenvalue weighted by Gasteiger charge is 2.43. The predicted molar refractivity (Wildman–Crippen MR) is 45.5 cm³/mol. The first-order valence-corrected chi connectivity index (χ1v) is 4.66. The Morgan fingerprint density at radius 1 is 1.42 bits per heavy atom. The Morgan fingerprint density at radius 3 is 2.92 bits per heavy atom. The fraction of sp³-hybridized carbons (Fsp3) is 0.700. The average Bonchev–Trinajstić information content (AvgIpc) is 2.40. The van der Waals surface area contributed by atoms with Crippen LogP contribution < -0.4 is 0 Å². The van der Waals surface area contributed by atoms with Crippen molar-refractivity contribution in [2.45, 2.75) is 31.8 Å². The van der Waals surface area contributed by atoms with Gasteiger partial charge in [-0.2, -0.15) is 0 Å². The summed E-state index contributed by atoms with van der Waals surface area (Å²) in [6.45, 7) is 3.68. The van der Waals surface area contributed by atoms with Crippen molar-refractivity contribution in [2.75, 3.05) is 0 Å². The molecule has 0 aromatic rings. The van der Waals surface area contributed by atoms with Crippen molar-refractivity contribution in [1.82, 2.24) is 0 Å². The molecule has 0 radical (unpaired) electrons. The summed E-state index contributed by atoms with van der Waals surface area (Å²) in [6, 6.07) is 0. The van der Waals surface area contributed by atoms with Crippen LogP contribution in [0.15, 0.2) is 12.7 Å². The molecule has 3 atom stereocenters. The lowest BCUT2D eigenvalue weighted by atomic mass is 9.80. The van der Waals surface area contributed by atoms with Gasteiger partial charge in [-0.3, -0.25) is 4.79 Å². The van der Waals surface area contributed by atoms with Gasteiger partial charge >= 0.3 is 5.97 Å². The van der Waals surface area contributed by atoms with Gasteiger partial charge in [0.25, 0.3) is 0 Å². The lowest BCUT2D eigenvalue weighted by Gasteiger charge is -2.24. The molecule has 1 saturated carbocycles. The molecule has 2 nitrogen and oxygen atoms in total. The van der Waals surface area contributed by atoms with Crippen molar-refractivity contribution in [3.05, 3.63) is 12.7 Å². The zero-order valence-corrected chi connectivity index (χ0v) is 7.16. The summed E-state index contributed by atoms with van der Waals surface area (Å²) in [5, 5.41) is 0. The molecule has 1 heterocycles. The number of hydrogen-bond acceptors (Lipinski definition) is 2. The molecule has 2 rings (SSSR count). The lowest BCUT2D eigenvalue weighted by molar-refractivity contribution is -0.143. The van der Waals surface area contributed by atoms with Gasteiger partial charge in [-0.15, -0.1) is 6.58 Å². The minimum Gasteiger partial charge on any atom is -0.462 e. The first-order chi connectivity index (χ1) is 5.83. The molecule has 2 fully saturated rings. The van der Waals surface area contributed by atoms with Gasteiger partial charge in [0.1, 0.15) is 6.10 Å². The van der Waals surface area contributed by atoms with E-state index in [4.69, 9.17) is 4.74 Å². The lowest BCUT2D eigenvalue weighted by Crippen LogP contribution is -2.23. The molecule has 1 aliphatic heterocycles. The number of hydrogen-bond donors (Lipinski definition) is 0. The van der Waals surface area contributed by atoms with E-state index in [1.165, 1.54) is 12.8 Å². The normalized spacial score (nSPS) is 40.3. The third kappa shape index (κ3) is 1.06. The molecule has 3 unspecified atom stereocenters.